The first-order valence-corrected chi connectivity index (χ1v) is 14.6. The van der Waals surface area contributed by atoms with Gasteiger partial charge in [0.1, 0.15) is 4.90 Å². The maximum absolute atomic E-state index is 12.9. The first kappa shape index (κ1) is 23.9. The Morgan fingerprint density at radius 2 is 1.77 bits per heavy atom. The van der Waals surface area contributed by atoms with E-state index in [1.165, 1.54) is 11.1 Å². The summed E-state index contributed by atoms with van der Waals surface area (Å²) in [6.45, 7) is 2.44. The highest BCUT2D eigenvalue weighted by Gasteiger charge is 2.17. The molecule has 0 amide bonds. The summed E-state index contributed by atoms with van der Waals surface area (Å²) in [6, 6.07) is 23.1. The minimum absolute atomic E-state index is 0.210. The maximum atomic E-state index is 12.9. The van der Waals surface area contributed by atoms with Crippen molar-refractivity contribution in [3.63, 3.8) is 0 Å². The number of H-pyrrole nitrogens is 1. The van der Waals surface area contributed by atoms with Crippen molar-refractivity contribution in [1.82, 2.24) is 19.7 Å². The Hall–Kier alpha value is -2.85. The Morgan fingerprint density at radius 1 is 0.943 bits per heavy atom. The number of nitrogens with one attached hydrogen (secondary N) is 2. The SMILES string of the molecule is Cc1c(CSc2nc3ccccc3[nH]2)cccc1SCCNS(=O)(=O)c1cccc2cccnc12. The van der Waals surface area contributed by atoms with Gasteiger partial charge in [-0.2, -0.15) is 0 Å². The highest BCUT2D eigenvalue weighted by atomic mass is 32.2. The minimum Gasteiger partial charge on any atom is -0.333 e. The molecule has 0 spiro atoms. The highest BCUT2D eigenvalue weighted by molar-refractivity contribution is 7.99. The van der Waals surface area contributed by atoms with E-state index < -0.39 is 10.0 Å². The van der Waals surface area contributed by atoms with Crippen molar-refractivity contribution < 1.29 is 8.42 Å². The lowest BCUT2D eigenvalue weighted by atomic mass is 10.1. The maximum Gasteiger partial charge on any atom is 0.242 e. The van der Waals surface area contributed by atoms with Crippen LogP contribution in [0.25, 0.3) is 21.9 Å². The van der Waals surface area contributed by atoms with Gasteiger partial charge in [-0.05, 0) is 48.4 Å². The number of rotatable bonds is 9. The van der Waals surface area contributed by atoms with Gasteiger partial charge in [0.05, 0.1) is 16.6 Å². The number of para-hydroxylation sites is 3. The summed E-state index contributed by atoms with van der Waals surface area (Å²) in [6.07, 6.45) is 1.61. The summed E-state index contributed by atoms with van der Waals surface area (Å²) in [7, 11) is -3.65. The van der Waals surface area contributed by atoms with Gasteiger partial charge in [0, 0.05) is 34.5 Å². The second kappa shape index (κ2) is 10.4. The number of nitrogens with zero attached hydrogens (tertiary/aromatic N) is 2. The lowest BCUT2D eigenvalue weighted by Crippen LogP contribution is -2.26. The second-order valence-electron chi connectivity index (χ2n) is 7.97. The fourth-order valence-electron chi connectivity index (χ4n) is 3.82. The summed E-state index contributed by atoms with van der Waals surface area (Å²) in [5.74, 6) is 1.43. The number of hydrogen-bond acceptors (Lipinski definition) is 6. The van der Waals surface area contributed by atoms with Gasteiger partial charge in [0.2, 0.25) is 10.0 Å². The molecule has 0 atom stereocenters. The molecule has 0 saturated heterocycles. The summed E-state index contributed by atoms with van der Waals surface area (Å²) < 4.78 is 28.5. The van der Waals surface area contributed by atoms with Crippen molar-refractivity contribution in [3.8, 4) is 0 Å². The molecule has 0 radical (unpaired) electrons. The third-order valence-electron chi connectivity index (χ3n) is 5.67. The molecule has 2 heterocycles. The first-order chi connectivity index (χ1) is 17.0. The van der Waals surface area contributed by atoms with E-state index >= 15 is 0 Å². The van der Waals surface area contributed by atoms with E-state index in [1.807, 2.05) is 36.4 Å². The van der Waals surface area contributed by atoms with Gasteiger partial charge in [-0.15, -0.1) is 11.8 Å². The highest BCUT2D eigenvalue weighted by Crippen LogP contribution is 2.29. The van der Waals surface area contributed by atoms with Crippen LogP contribution in [-0.4, -0.2) is 35.7 Å². The molecule has 0 unspecified atom stereocenters. The van der Waals surface area contributed by atoms with Crippen molar-refractivity contribution >= 4 is 55.5 Å². The van der Waals surface area contributed by atoms with Gasteiger partial charge >= 0.3 is 0 Å². The third kappa shape index (κ3) is 5.38. The van der Waals surface area contributed by atoms with E-state index in [1.54, 1.807) is 47.9 Å². The van der Waals surface area contributed by atoms with Gasteiger partial charge in [-0.25, -0.2) is 18.1 Å². The van der Waals surface area contributed by atoms with E-state index in [2.05, 4.69) is 44.8 Å². The Bertz CT molecular complexity index is 1560. The zero-order chi connectivity index (χ0) is 24.3. The van der Waals surface area contributed by atoms with Crippen molar-refractivity contribution in [2.24, 2.45) is 0 Å². The number of fused-ring (bicyclic) bond motifs is 2. The van der Waals surface area contributed by atoms with Crippen LogP contribution in [0.1, 0.15) is 11.1 Å². The number of pyridine rings is 1. The number of hydrogen-bond donors (Lipinski definition) is 2. The molecule has 178 valence electrons. The molecular formula is C26H24N4O2S3. The fourth-order valence-corrected chi connectivity index (χ4v) is 7.06. The summed E-state index contributed by atoms with van der Waals surface area (Å²) in [5, 5.41) is 1.71. The zero-order valence-corrected chi connectivity index (χ0v) is 21.5. The van der Waals surface area contributed by atoms with Crippen molar-refractivity contribution in [2.75, 3.05) is 12.3 Å². The summed E-state index contributed by atoms with van der Waals surface area (Å²) in [4.78, 5) is 13.6. The lowest BCUT2D eigenvalue weighted by Gasteiger charge is -2.12. The van der Waals surface area contributed by atoms with Crippen LogP contribution in [-0.2, 0) is 15.8 Å². The monoisotopic (exact) mass is 520 g/mol. The Labute approximate surface area is 213 Å². The molecule has 35 heavy (non-hydrogen) atoms. The average Bonchev–Trinajstić information content (AvgIpc) is 3.29. The number of aromatic amines is 1. The summed E-state index contributed by atoms with van der Waals surface area (Å²) in [5.41, 5.74) is 4.95. The predicted octanol–water partition coefficient (Wildman–Crippen LogP) is 5.78. The van der Waals surface area contributed by atoms with Gasteiger partial charge < -0.3 is 4.98 Å². The molecule has 0 fully saturated rings. The number of imidazole rings is 1. The quantitative estimate of drug-likeness (QED) is 0.189. The first-order valence-electron chi connectivity index (χ1n) is 11.1. The molecule has 9 heteroatoms. The standard InChI is InChI=1S/C26H24N4O2S3/c1-18-20(17-34-26-29-21-10-2-3-11-22(21)30-26)8-4-12-23(18)33-16-15-28-35(31,32)24-13-5-7-19-9-6-14-27-25(19)24/h2-14,28H,15-17H2,1H3,(H,29,30). The van der Waals surface area contributed by atoms with Crippen LogP contribution in [0.5, 0.6) is 0 Å². The second-order valence-corrected chi connectivity index (χ2v) is 11.8. The van der Waals surface area contributed by atoms with E-state index in [-0.39, 0.29) is 4.90 Å². The van der Waals surface area contributed by atoms with Gasteiger partial charge in [-0.3, -0.25) is 4.98 Å². The normalized spacial score (nSPS) is 11.9. The molecule has 5 aromatic rings. The molecule has 0 bridgehead atoms. The molecule has 0 aliphatic heterocycles. The van der Waals surface area contributed by atoms with Crippen LogP contribution in [0, 0.1) is 6.92 Å². The lowest BCUT2D eigenvalue weighted by molar-refractivity contribution is 0.585. The van der Waals surface area contributed by atoms with Crippen LogP contribution in [0.15, 0.2) is 93.9 Å². The third-order valence-corrected chi connectivity index (χ3v) is 9.24. The molecule has 0 aliphatic carbocycles. The molecule has 6 nitrogen and oxygen atoms in total. The van der Waals surface area contributed by atoms with Crippen LogP contribution in [0.2, 0.25) is 0 Å². The van der Waals surface area contributed by atoms with E-state index in [0.717, 1.165) is 32.2 Å². The Kier molecular flexibility index (Phi) is 7.10. The molecule has 0 aliphatic rings. The van der Waals surface area contributed by atoms with Crippen LogP contribution >= 0.6 is 23.5 Å². The Morgan fingerprint density at radius 3 is 2.66 bits per heavy atom. The van der Waals surface area contributed by atoms with Gasteiger partial charge in [0.15, 0.2) is 5.16 Å². The number of sulfonamides is 1. The molecule has 5 rings (SSSR count). The molecule has 2 N–H and O–H groups in total. The van der Waals surface area contributed by atoms with Crippen molar-refractivity contribution in [3.05, 3.63) is 90.1 Å². The minimum atomic E-state index is -3.65. The number of benzene rings is 3. The largest absolute Gasteiger partial charge is 0.333 e. The average molecular weight is 521 g/mol. The fraction of sp³-hybridized carbons (Fsp3) is 0.154. The summed E-state index contributed by atoms with van der Waals surface area (Å²) >= 11 is 3.33. The van der Waals surface area contributed by atoms with Crippen LogP contribution in [0.4, 0.5) is 0 Å². The van der Waals surface area contributed by atoms with Crippen molar-refractivity contribution in [1.29, 1.82) is 0 Å². The topological polar surface area (TPSA) is 87.7 Å². The van der Waals surface area contributed by atoms with E-state index in [4.69, 9.17) is 0 Å². The molecular weight excluding hydrogens is 497 g/mol. The van der Waals surface area contributed by atoms with E-state index in [0.29, 0.717) is 17.8 Å². The van der Waals surface area contributed by atoms with Crippen LogP contribution < -0.4 is 4.72 Å². The van der Waals surface area contributed by atoms with Gasteiger partial charge in [-0.1, -0.05) is 54.2 Å². The number of aromatic nitrogens is 3. The van der Waals surface area contributed by atoms with Crippen LogP contribution in [0.3, 0.4) is 0 Å². The van der Waals surface area contributed by atoms with E-state index in [9.17, 15) is 8.42 Å². The van der Waals surface area contributed by atoms with Crippen molar-refractivity contribution in [2.45, 2.75) is 27.6 Å². The molecule has 2 aromatic heterocycles. The Balaban J connectivity index is 1.20. The zero-order valence-electron chi connectivity index (χ0n) is 19.1. The number of thioether (sulfide) groups is 2. The molecule has 0 saturated carbocycles. The molecule has 3 aromatic carbocycles. The smallest absolute Gasteiger partial charge is 0.242 e. The predicted molar refractivity (Wildman–Crippen MR) is 144 cm³/mol. The van der Waals surface area contributed by atoms with Gasteiger partial charge in [0.25, 0.3) is 0 Å².